The number of pyridine rings is 1. The van der Waals surface area contributed by atoms with E-state index in [9.17, 15) is 18.0 Å². The van der Waals surface area contributed by atoms with Gasteiger partial charge >= 0.3 is 12.1 Å². The van der Waals surface area contributed by atoms with Gasteiger partial charge in [-0.15, -0.1) is 0 Å². The number of benzene rings is 1. The van der Waals surface area contributed by atoms with Crippen LogP contribution in [0.5, 0.6) is 0 Å². The summed E-state index contributed by atoms with van der Waals surface area (Å²) in [6.45, 7) is 0. The maximum absolute atomic E-state index is 13.1. The number of alkyl halides is 3. The van der Waals surface area contributed by atoms with E-state index in [0.717, 1.165) is 6.07 Å². The highest BCUT2D eigenvalue weighted by molar-refractivity contribution is 6.30. The zero-order valence-corrected chi connectivity index (χ0v) is 11.2. The molecule has 0 aliphatic carbocycles. The molecule has 0 saturated carbocycles. The van der Waals surface area contributed by atoms with Crippen LogP contribution in [0.4, 0.5) is 13.2 Å². The normalized spacial score (nSPS) is 11.4. The topological polar surface area (TPSA) is 50.2 Å². The smallest absolute Gasteiger partial charge is 0.417 e. The van der Waals surface area contributed by atoms with Crippen molar-refractivity contribution >= 4 is 17.6 Å². The average Bonchev–Trinajstić information content (AvgIpc) is 2.39. The number of hydrogen-bond donors (Lipinski definition) is 1. The van der Waals surface area contributed by atoms with Gasteiger partial charge in [-0.3, -0.25) is 9.78 Å². The van der Waals surface area contributed by atoms with Gasteiger partial charge in [-0.25, -0.2) is 0 Å². The van der Waals surface area contributed by atoms with Gasteiger partial charge in [0.15, 0.2) is 0 Å². The molecular weight excluding hydrogens is 307 g/mol. The summed E-state index contributed by atoms with van der Waals surface area (Å²) in [6.07, 6.45) is -3.84. The van der Waals surface area contributed by atoms with Crippen LogP contribution in [0.25, 0.3) is 11.1 Å². The van der Waals surface area contributed by atoms with E-state index in [2.05, 4.69) is 4.98 Å². The fourth-order valence-corrected chi connectivity index (χ4v) is 2.11. The lowest BCUT2D eigenvalue weighted by Gasteiger charge is -2.15. The van der Waals surface area contributed by atoms with Crippen LogP contribution in [-0.2, 0) is 17.4 Å². The minimum absolute atomic E-state index is 0.0311. The van der Waals surface area contributed by atoms with E-state index in [1.54, 1.807) is 0 Å². The number of hydrogen-bond acceptors (Lipinski definition) is 2. The lowest BCUT2D eigenvalue weighted by atomic mass is 9.97. The Kier molecular flexibility index (Phi) is 4.18. The molecule has 7 heteroatoms. The van der Waals surface area contributed by atoms with Gasteiger partial charge in [0.1, 0.15) is 0 Å². The van der Waals surface area contributed by atoms with Crippen molar-refractivity contribution < 1.29 is 23.1 Å². The van der Waals surface area contributed by atoms with E-state index in [-0.39, 0.29) is 21.8 Å². The van der Waals surface area contributed by atoms with Crippen molar-refractivity contribution in [2.24, 2.45) is 0 Å². The monoisotopic (exact) mass is 315 g/mol. The molecule has 1 heterocycles. The molecule has 0 fully saturated rings. The van der Waals surface area contributed by atoms with E-state index < -0.39 is 24.1 Å². The van der Waals surface area contributed by atoms with Crippen molar-refractivity contribution in [1.82, 2.24) is 4.98 Å². The van der Waals surface area contributed by atoms with Gasteiger partial charge in [-0.2, -0.15) is 13.2 Å². The Morgan fingerprint density at radius 1 is 1.24 bits per heavy atom. The summed E-state index contributed by atoms with van der Waals surface area (Å²) >= 11 is 5.78. The Bertz CT molecular complexity index is 686. The summed E-state index contributed by atoms with van der Waals surface area (Å²) < 4.78 is 39.2. The van der Waals surface area contributed by atoms with E-state index in [1.165, 1.54) is 30.5 Å². The summed E-state index contributed by atoms with van der Waals surface area (Å²) in [5, 5.41) is 8.98. The van der Waals surface area contributed by atoms with Gasteiger partial charge in [0, 0.05) is 11.8 Å². The first-order valence-electron chi connectivity index (χ1n) is 5.82. The van der Waals surface area contributed by atoms with Crippen molar-refractivity contribution in [1.29, 1.82) is 0 Å². The molecule has 0 atom stereocenters. The van der Waals surface area contributed by atoms with Crippen molar-refractivity contribution in [3.63, 3.8) is 0 Å². The van der Waals surface area contributed by atoms with Crippen LogP contribution in [-0.4, -0.2) is 16.1 Å². The summed E-state index contributed by atoms with van der Waals surface area (Å²) in [7, 11) is 0. The summed E-state index contributed by atoms with van der Waals surface area (Å²) in [6, 6.07) is 6.19. The molecule has 1 aromatic heterocycles. The number of carboxylic acid groups (broad SMARTS) is 1. The summed E-state index contributed by atoms with van der Waals surface area (Å²) in [5.74, 6) is -1.18. The van der Waals surface area contributed by atoms with Gasteiger partial charge in [-0.05, 0) is 17.7 Å². The van der Waals surface area contributed by atoms with Gasteiger partial charge in [-0.1, -0.05) is 29.8 Å². The number of carboxylic acids is 1. The first kappa shape index (κ1) is 15.3. The highest BCUT2D eigenvalue weighted by Gasteiger charge is 2.34. The molecule has 2 aromatic rings. The molecule has 0 amide bonds. The van der Waals surface area contributed by atoms with Gasteiger partial charge in [0.25, 0.3) is 0 Å². The largest absolute Gasteiger partial charge is 0.481 e. The van der Waals surface area contributed by atoms with E-state index >= 15 is 0 Å². The van der Waals surface area contributed by atoms with Crippen LogP contribution in [0.1, 0.15) is 11.3 Å². The molecule has 0 bridgehead atoms. The van der Waals surface area contributed by atoms with Gasteiger partial charge < -0.3 is 5.11 Å². The Hall–Kier alpha value is -2.08. The third-order valence-corrected chi connectivity index (χ3v) is 2.98. The van der Waals surface area contributed by atoms with E-state index in [0.29, 0.717) is 0 Å². The maximum Gasteiger partial charge on any atom is 0.417 e. The molecule has 110 valence electrons. The van der Waals surface area contributed by atoms with Gasteiger partial charge in [0.2, 0.25) is 0 Å². The van der Waals surface area contributed by atoms with Gasteiger partial charge in [0.05, 0.1) is 22.7 Å². The second kappa shape index (κ2) is 5.73. The Balaban J connectivity index is 2.67. The highest BCUT2D eigenvalue weighted by atomic mass is 35.5. The Morgan fingerprint density at radius 3 is 2.52 bits per heavy atom. The number of rotatable bonds is 3. The molecule has 2 rings (SSSR count). The molecule has 21 heavy (non-hydrogen) atoms. The standard InChI is InChI=1S/C14H9ClF3NO2/c15-8-5-10(12(19-7-8)6-13(20)21)9-3-1-2-4-11(9)14(16,17)18/h1-5,7H,6H2,(H,20,21). The van der Waals surface area contributed by atoms with Crippen molar-refractivity contribution in [3.05, 3.63) is 52.8 Å². The van der Waals surface area contributed by atoms with Crippen LogP contribution in [0.2, 0.25) is 5.02 Å². The highest BCUT2D eigenvalue weighted by Crippen LogP contribution is 2.38. The number of aliphatic carboxylic acids is 1. The molecule has 0 spiro atoms. The predicted octanol–water partition coefficient (Wildman–Crippen LogP) is 4.05. The molecule has 1 N–H and O–H groups in total. The van der Waals surface area contributed by atoms with Crippen LogP contribution < -0.4 is 0 Å². The maximum atomic E-state index is 13.1. The predicted molar refractivity (Wildman–Crippen MR) is 71.0 cm³/mol. The zero-order chi connectivity index (χ0) is 15.6. The Morgan fingerprint density at radius 2 is 1.90 bits per heavy atom. The molecule has 1 aromatic carbocycles. The second-order valence-electron chi connectivity index (χ2n) is 4.26. The van der Waals surface area contributed by atoms with E-state index in [1.807, 2.05) is 0 Å². The number of aromatic nitrogens is 1. The zero-order valence-electron chi connectivity index (χ0n) is 10.5. The average molecular weight is 316 g/mol. The first-order chi connectivity index (χ1) is 9.79. The Labute approximate surface area is 123 Å². The van der Waals surface area contributed by atoms with Crippen LogP contribution >= 0.6 is 11.6 Å². The third kappa shape index (κ3) is 3.52. The summed E-state index contributed by atoms with van der Waals surface area (Å²) in [5.41, 5.74) is -0.904. The molecule has 3 nitrogen and oxygen atoms in total. The van der Waals surface area contributed by atoms with Crippen LogP contribution in [0.15, 0.2) is 36.5 Å². The lowest BCUT2D eigenvalue weighted by molar-refractivity contribution is -0.137. The summed E-state index contributed by atoms with van der Waals surface area (Å²) in [4.78, 5) is 14.7. The minimum Gasteiger partial charge on any atom is -0.481 e. The van der Waals surface area contributed by atoms with Crippen molar-refractivity contribution in [2.75, 3.05) is 0 Å². The molecular formula is C14H9ClF3NO2. The SMILES string of the molecule is O=C(O)Cc1ncc(Cl)cc1-c1ccccc1C(F)(F)F. The third-order valence-electron chi connectivity index (χ3n) is 2.78. The number of nitrogens with zero attached hydrogens (tertiary/aromatic N) is 1. The molecule has 0 radical (unpaired) electrons. The molecule has 0 aliphatic heterocycles. The molecule has 0 saturated heterocycles. The minimum atomic E-state index is -4.56. The van der Waals surface area contributed by atoms with E-state index in [4.69, 9.17) is 16.7 Å². The van der Waals surface area contributed by atoms with Crippen molar-refractivity contribution in [3.8, 4) is 11.1 Å². The first-order valence-corrected chi connectivity index (χ1v) is 6.19. The second-order valence-corrected chi connectivity index (χ2v) is 4.70. The fourth-order valence-electron chi connectivity index (χ4n) is 1.95. The lowest BCUT2D eigenvalue weighted by Crippen LogP contribution is -2.09. The van der Waals surface area contributed by atoms with Crippen LogP contribution in [0.3, 0.4) is 0 Å². The number of carbonyl (C=O) groups is 1. The molecule has 0 aliphatic rings. The number of halogens is 4. The van der Waals surface area contributed by atoms with Crippen molar-refractivity contribution in [2.45, 2.75) is 12.6 Å². The molecule has 0 unspecified atom stereocenters. The quantitative estimate of drug-likeness (QED) is 0.929. The van der Waals surface area contributed by atoms with Crippen LogP contribution in [0, 0.1) is 0 Å². The fraction of sp³-hybridized carbons (Fsp3) is 0.143.